The number of carbonyl (C=O) groups is 6. The third-order valence-electron chi connectivity index (χ3n) is 9.26. The lowest BCUT2D eigenvalue weighted by atomic mass is 9.92. The predicted molar refractivity (Wildman–Crippen MR) is 183 cm³/mol. The van der Waals surface area contributed by atoms with Gasteiger partial charge in [0.05, 0.1) is 16.8 Å². The number of halogens is 1. The Bertz CT molecular complexity index is 1920. The highest BCUT2D eigenvalue weighted by Crippen LogP contribution is 2.34. The Morgan fingerprint density at radius 1 is 1.16 bits per heavy atom. The van der Waals surface area contributed by atoms with Gasteiger partial charge in [0.2, 0.25) is 17.7 Å². The minimum absolute atomic E-state index is 0.00968. The Balaban J connectivity index is 1.16. The molecule has 4 heterocycles. The van der Waals surface area contributed by atoms with Gasteiger partial charge >= 0.3 is 0 Å². The molecule has 51 heavy (non-hydrogen) atoms. The average Bonchev–Trinajstić information content (AvgIpc) is 3.71. The number of hydrogen-bond acceptors (Lipinski definition) is 12. The first kappa shape index (κ1) is 35.3. The number of phenolic OH excluding ortho intramolecular Hbond substituents is 1. The van der Waals surface area contributed by atoms with Crippen molar-refractivity contribution in [2.24, 2.45) is 0 Å². The number of aromatic hydroxyl groups is 1. The second kappa shape index (κ2) is 14.4. The van der Waals surface area contributed by atoms with E-state index in [9.17, 15) is 38.3 Å². The number of nitrogens with zero attached hydrogens (tertiary/aromatic N) is 4. The molecule has 0 aliphatic carbocycles. The number of benzene rings is 2. The summed E-state index contributed by atoms with van der Waals surface area (Å²) in [6.45, 7) is 6.94. The van der Waals surface area contributed by atoms with Crippen LogP contribution in [0.2, 0.25) is 0 Å². The van der Waals surface area contributed by atoms with Gasteiger partial charge < -0.3 is 15.8 Å². The fraction of sp³-hybridized carbons (Fsp3) is 0.324. The number of nitrogens with one attached hydrogen (secondary N) is 4. The van der Waals surface area contributed by atoms with E-state index in [-0.39, 0.29) is 46.8 Å². The van der Waals surface area contributed by atoms with E-state index >= 15 is 0 Å². The van der Waals surface area contributed by atoms with Crippen molar-refractivity contribution in [2.75, 3.05) is 36.9 Å². The second-order valence-electron chi connectivity index (χ2n) is 12.5. The van der Waals surface area contributed by atoms with Crippen molar-refractivity contribution in [2.45, 2.75) is 43.8 Å². The van der Waals surface area contributed by atoms with Crippen molar-refractivity contribution in [1.29, 1.82) is 0 Å². The summed E-state index contributed by atoms with van der Waals surface area (Å²) in [5, 5.41) is 21.8. The van der Waals surface area contributed by atoms with Crippen LogP contribution < -0.4 is 21.4 Å². The summed E-state index contributed by atoms with van der Waals surface area (Å²) >= 11 is 1.15. The lowest BCUT2D eigenvalue weighted by Crippen LogP contribution is -2.63. The van der Waals surface area contributed by atoms with E-state index in [0.717, 1.165) is 34.4 Å². The zero-order chi connectivity index (χ0) is 36.4. The van der Waals surface area contributed by atoms with Gasteiger partial charge in [-0.05, 0) is 50.1 Å². The number of rotatable bonds is 11. The molecule has 0 radical (unpaired) electrons. The molecule has 2 saturated heterocycles. The quantitative estimate of drug-likeness (QED) is 0.144. The van der Waals surface area contributed by atoms with E-state index in [2.05, 4.69) is 32.9 Å². The molecule has 1 aromatic heterocycles. The van der Waals surface area contributed by atoms with Crippen molar-refractivity contribution >= 4 is 57.6 Å². The Morgan fingerprint density at radius 3 is 2.61 bits per heavy atom. The van der Waals surface area contributed by atoms with Gasteiger partial charge in [-0.25, -0.2) is 14.4 Å². The van der Waals surface area contributed by atoms with Crippen LogP contribution in [-0.4, -0.2) is 98.1 Å². The highest BCUT2D eigenvalue weighted by atomic mass is 32.1. The van der Waals surface area contributed by atoms with Crippen molar-refractivity contribution < 1.29 is 38.3 Å². The van der Waals surface area contributed by atoms with Crippen molar-refractivity contribution in [3.8, 4) is 5.75 Å². The number of hydrogen-bond donors (Lipinski definition) is 5. The number of thiazole rings is 1. The van der Waals surface area contributed by atoms with E-state index in [1.807, 2.05) is 9.91 Å². The number of carbonyl (C=O) groups excluding carboxylic acids is 6. The van der Waals surface area contributed by atoms with Gasteiger partial charge in [0, 0.05) is 49.7 Å². The Hall–Kier alpha value is -5.52. The fourth-order valence-electron chi connectivity index (χ4n) is 6.53. The summed E-state index contributed by atoms with van der Waals surface area (Å²) in [5.41, 5.74) is 2.48. The SMILES string of the molecule is C=CCC(C)(C(=O)NC(C(=O)Nc1nccs1)c1cc(F)ccc1O)N1CCN(Nc2cccc3c2C(=O)N(C2CCC(=O)NC2=O)C3=O)CC1. The van der Waals surface area contributed by atoms with Crippen LogP contribution in [0.15, 0.2) is 60.6 Å². The number of hydrazine groups is 1. The monoisotopic (exact) mass is 718 g/mol. The van der Waals surface area contributed by atoms with Crippen molar-refractivity contribution in [3.63, 3.8) is 0 Å². The number of amides is 6. The molecule has 0 spiro atoms. The van der Waals surface area contributed by atoms with Crippen LogP contribution in [0.1, 0.15) is 58.5 Å². The molecule has 3 aromatic rings. The predicted octanol–water partition coefficient (Wildman–Crippen LogP) is 2.16. The zero-order valence-electron chi connectivity index (χ0n) is 27.5. The molecule has 3 aliphatic rings. The van der Waals surface area contributed by atoms with Crippen LogP contribution in [0.3, 0.4) is 0 Å². The third kappa shape index (κ3) is 6.95. The van der Waals surface area contributed by atoms with Crippen LogP contribution in [0.25, 0.3) is 0 Å². The first-order chi connectivity index (χ1) is 24.4. The van der Waals surface area contributed by atoms with E-state index in [4.69, 9.17) is 0 Å². The summed E-state index contributed by atoms with van der Waals surface area (Å²) in [4.78, 5) is 85.4. The van der Waals surface area contributed by atoms with E-state index in [0.29, 0.717) is 31.9 Å². The van der Waals surface area contributed by atoms with Crippen LogP contribution >= 0.6 is 11.3 Å². The first-order valence-electron chi connectivity index (χ1n) is 16.1. The number of imide groups is 2. The Kier molecular flexibility index (Phi) is 9.95. The van der Waals surface area contributed by atoms with Gasteiger partial charge in [0.25, 0.3) is 17.7 Å². The van der Waals surface area contributed by atoms with Gasteiger partial charge in [0.1, 0.15) is 29.2 Å². The Labute approximate surface area is 295 Å². The molecule has 5 N–H and O–H groups in total. The highest BCUT2D eigenvalue weighted by Gasteiger charge is 2.46. The van der Waals surface area contributed by atoms with Crippen LogP contribution in [-0.2, 0) is 19.2 Å². The standard InChI is InChI=1S/C34H35FN8O7S/c1-3-11-34(2,32(50)38-27(21-18-19(35)7-9-24(21)44)29(47)39-33-36-12-17-51-33)41-13-15-42(16-14-41)40-22-6-4-5-20-26(22)31(49)43(30(20)48)23-8-10-25(45)37-28(23)46/h3-7,9,12,17-18,23,27,40,44H,1,8,10-11,13-16H2,2H3,(H,38,50)(H,36,39,47)(H,37,45,46). The summed E-state index contributed by atoms with van der Waals surface area (Å²) in [5.74, 6) is -4.79. The maximum atomic E-state index is 14.3. The minimum atomic E-state index is -1.47. The van der Waals surface area contributed by atoms with E-state index in [1.54, 1.807) is 30.5 Å². The number of piperazine rings is 1. The van der Waals surface area contributed by atoms with Crippen LogP contribution in [0.4, 0.5) is 15.2 Å². The molecule has 2 aromatic carbocycles. The number of phenols is 1. The minimum Gasteiger partial charge on any atom is -0.508 e. The smallest absolute Gasteiger partial charge is 0.264 e. The maximum Gasteiger partial charge on any atom is 0.264 e. The molecule has 3 unspecified atom stereocenters. The van der Waals surface area contributed by atoms with Gasteiger partial charge in [-0.1, -0.05) is 12.1 Å². The maximum absolute atomic E-state index is 14.3. The highest BCUT2D eigenvalue weighted by molar-refractivity contribution is 7.13. The molecule has 15 nitrogen and oxygen atoms in total. The number of aromatic nitrogens is 1. The van der Waals surface area contributed by atoms with Gasteiger partial charge in [0.15, 0.2) is 5.13 Å². The molecular weight excluding hydrogens is 683 g/mol. The first-order valence-corrected chi connectivity index (χ1v) is 17.0. The summed E-state index contributed by atoms with van der Waals surface area (Å²) in [6, 6.07) is 5.35. The van der Waals surface area contributed by atoms with Crippen molar-refractivity contribution in [1.82, 2.24) is 30.4 Å². The number of anilines is 2. The third-order valence-corrected chi connectivity index (χ3v) is 9.94. The molecule has 0 bridgehead atoms. The molecule has 6 rings (SSSR count). The normalized spacial score (nSPS) is 19.9. The topological polar surface area (TPSA) is 193 Å². The van der Waals surface area contributed by atoms with Gasteiger partial charge in [-0.3, -0.25) is 49.2 Å². The number of piperidine rings is 1. The second-order valence-corrected chi connectivity index (χ2v) is 13.4. The van der Waals surface area contributed by atoms with E-state index < -0.39 is 58.9 Å². The molecule has 3 atom stereocenters. The zero-order valence-corrected chi connectivity index (χ0v) is 28.3. The van der Waals surface area contributed by atoms with Crippen LogP contribution in [0, 0.1) is 5.82 Å². The molecular formula is C34H35FN8O7S. The molecule has 3 aliphatic heterocycles. The molecule has 266 valence electrons. The van der Waals surface area contributed by atoms with Gasteiger partial charge in [-0.15, -0.1) is 17.9 Å². The number of fused-ring (bicyclic) bond motifs is 1. The largest absolute Gasteiger partial charge is 0.508 e. The summed E-state index contributed by atoms with van der Waals surface area (Å²) < 4.78 is 14.3. The molecule has 2 fully saturated rings. The summed E-state index contributed by atoms with van der Waals surface area (Å²) in [6.07, 6.45) is 3.30. The lowest BCUT2D eigenvalue weighted by molar-refractivity contribution is -0.137. The van der Waals surface area contributed by atoms with Crippen LogP contribution in [0.5, 0.6) is 5.75 Å². The lowest BCUT2D eigenvalue weighted by Gasteiger charge is -2.45. The fourth-order valence-corrected chi connectivity index (χ4v) is 7.06. The Morgan fingerprint density at radius 2 is 1.92 bits per heavy atom. The molecule has 6 amide bonds. The molecule has 17 heteroatoms. The average molecular weight is 719 g/mol. The van der Waals surface area contributed by atoms with Gasteiger partial charge in [-0.2, -0.15) is 0 Å². The molecule has 0 saturated carbocycles. The summed E-state index contributed by atoms with van der Waals surface area (Å²) in [7, 11) is 0. The van der Waals surface area contributed by atoms with E-state index in [1.165, 1.54) is 12.3 Å². The van der Waals surface area contributed by atoms with Crippen molar-refractivity contribution in [3.05, 3.63) is 83.1 Å².